The molecule has 214 valence electrons. The van der Waals surface area contributed by atoms with Gasteiger partial charge in [0, 0.05) is 29.0 Å². The first-order chi connectivity index (χ1) is 19.1. The van der Waals surface area contributed by atoms with Gasteiger partial charge in [-0.25, -0.2) is 18.4 Å². The summed E-state index contributed by atoms with van der Waals surface area (Å²) in [6.45, 7) is -0.976. The summed E-state index contributed by atoms with van der Waals surface area (Å²) in [7, 11) is -5.85. The normalized spacial score (nSPS) is 13.7. The molecular formula is C25H15F7N4O4S. The van der Waals surface area contributed by atoms with E-state index in [2.05, 4.69) is 31.1 Å². The molecule has 0 aliphatic carbocycles. The molecule has 0 spiro atoms. The van der Waals surface area contributed by atoms with Crippen LogP contribution in [0, 0.1) is 23.5 Å². The summed E-state index contributed by atoms with van der Waals surface area (Å²) in [6, 6.07) is 7.86. The summed E-state index contributed by atoms with van der Waals surface area (Å²) in [6.07, 6.45) is 2.96. The summed E-state index contributed by atoms with van der Waals surface area (Å²) in [5, 5.41) is 14.9. The highest BCUT2D eigenvalue weighted by atomic mass is 32.2. The van der Waals surface area contributed by atoms with Gasteiger partial charge in [-0.05, 0) is 48.5 Å². The van der Waals surface area contributed by atoms with Crippen LogP contribution in [0.15, 0.2) is 73.4 Å². The highest BCUT2D eigenvalue weighted by Gasteiger charge is 2.58. The number of pyridine rings is 1. The van der Waals surface area contributed by atoms with E-state index in [9.17, 15) is 35.5 Å². The summed E-state index contributed by atoms with van der Waals surface area (Å²) in [5.41, 5.74) is -10.5. The molecule has 0 amide bonds. The lowest BCUT2D eigenvalue weighted by atomic mass is 9.84. The molecule has 2 heterocycles. The maximum atomic E-state index is 15.8. The van der Waals surface area contributed by atoms with Gasteiger partial charge in [0.15, 0.2) is 5.60 Å². The van der Waals surface area contributed by atoms with Crippen LogP contribution in [0.2, 0.25) is 0 Å². The quantitative estimate of drug-likeness (QED) is 0.146. The summed E-state index contributed by atoms with van der Waals surface area (Å²) in [5.74, 6) is -2.19. The molecule has 4 rings (SSSR count). The Hall–Kier alpha value is -4.49. The van der Waals surface area contributed by atoms with Crippen LogP contribution in [0.25, 0.3) is 0 Å². The zero-order valence-corrected chi connectivity index (χ0v) is 21.0. The topological polar surface area (TPSA) is 107 Å². The average Bonchev–Trinajstić information content (AvgIpc) is 3.40. The van der Waals surface area contributed by atoms with E-state index in [4.69, 9.17) is 0 Å². The Bertz CT molecular complexity index is 1700. The second-order valence-corrected chi connectivity index (χ2v) is 9.88. The Kier molecular flexibility index (Phi) is 7.78. The Morgan fingerprint density at radius 2 is 1.59 bits per heavy atom. The van der Waals surface area contributed by atoms with Crippen LogP contribution in [0.1, 0.15) is 22.4 Å². The number of aromatic nitrogens is 4. The number of halogens is 7. The van der Waals surface area contributed by atoms with Crippen LogP contribution in [0.4, 0.5) is 30.7 Å². The highest BCUT2D eigenvalue weighted by molar-refractivity contribution is 7.88. The Morgan fingerprint density at radius 3 is 2.15 bits per heavy atom. The molecule has 16 heteroatoms. The van der Waals surface area contributed by atoms with E-state index in [1.54, 1.807) is 0 Å². The van der Waals surface area contributed by atoms with Crippen LogP contribution in [0.5, 0.6) is 5.75 Å². The molecule has 0 aliphatic heterocycles. The average molecular weight is 600 g/mol. The molecule has 1 atom stereocenters. The molecule has 0 fully saturated rings. The molecule has 1 N–H and O–H groups in total. The predicted molar refractivity (Wildman–Crippen MR) is 126 cm³/mol. The van der Waals surface area contributed by atoms with Crippen LogP contribution >= 0.6 is 0 Å². The zero-order chi connectivity index (χ0) is 30.1. The molecule has 4 aromatic rings. The van der Waals surface area contributed by atoms with Gasteiger partial charge in [0.2, 0.25) is 0 Å². The lowest BCUT2D eigenvalue weighted by molar-refractivity contribution is -0.207. The highest BCUT2D eigenvalue weighted by Crippen LogP contribution is 2.46. The smallest absolute Gasteiger partial charge is 0.377 e. The van der Waals surface area contributed by atoms with Gasteiger partial charge in [-0.15, -0.1) is 0 Å². The Morgan fingerprint density at radius 1 is 0.927 bits per heavy atom. The van der Waals surface area contributed by atoms with Gasteiger partial charge in [-0.1, -0.05) is 11.8 Å². The van der Waals surface area contributed by atoms with E-state index < -0.39 is 62.3 Å². The van der Waals surface area contributed by atoms with Crippen LogP contribution < -0.4 is 4.18 Å². The van der Waals surface area contributed by atoms with Gasteiger partial charge in [0.25, 0.3) is 0 Å². The minimum absolute atomic E-state index is 0.0947. The van der Waals surface area contributed by atoms with Crippen molar-refractivity contribution in [1.29, 1.82) is 0 Å². The molecule has 0 bridgehead atoms. The van der Waals surface area contributed by atoms with Crippen molar-refractivity contribution in [2.24, 2.45) is 0 Å². The molecule has 2 aromatic heterocycles. The van der Waals surface area contributed by atoms with Crippen LogP contribution in [-0.2, 0) is 28.2 Å². The third-order valence-corrected chi connectivity index (χ3v) is 6.51. The third kappa shape index (κ3) is 6.15. The maximum Gasteiger partial charge on any atom is 0.534 e. The monoisotopic (exact) mass is 600 g/mol. The van der Waals surface area contributed by atoms with Crippen molar-refractivity contribution < 1.29 is 48.4 Å². The van der Waals surface area contributed by atoms with Crippen LogP contribution in [0.3, 0.4) is 0 Å². The van der Waals surface area contributed by atoms with Gasteiger partial charge < -0.3 is 9.29 Å². The van der Waals surface area contributed by atoms with Gasteiger partial charge in [0.05, 0.1) is 6.54 Å². The molecule has 0 saturated carbocycles. The number of aliphatic hydroxyl groups is 1. The third-order valence-electron chi connectivity index (χ3n) is 5.53. The number of nitrogens with zero attached hydrogens (tertiary/aromatic N) is 4. The molecule has 1 unspecified atom stereocenters. The summed E-state index contributed by atoms with van der Waals surface area (Å²) >= 11 is 0. The second kappa shape index (κ2) is 10.8. The lowest BCUT2D eigenvalue weighted by Gasteiger charge is -2.35. The van der Waals surface area contributed by atoms with Crippen molar-refractivity contribution in [3.63, 3.8) is 0 Å². The van der Waals surface area contributed by atoms with E-state index in [0.29, 0.717) is 18.2 Å². The Labute approximate surface area is 227 Å². The lowest BCUT2D eigenvalue weighted by Crippen LogP contribution is -2.48. The number of alkyl halides is 5. The fraction of sp³-hybridized carbons (Fsp3) is 0.160. The summed E-state index contributed by atoms with van der Waals surface area (Å²) < 4.78 is 124. The molecular weight excluding hydrogens is 585 g/mol. The van der Waals surface area contributed by atoms with Crippen molar-refractivity contribution >= 4 is 10.1 Å². The molecule has 0 saturated heterocycles. The molecule has 0 aliphatic rings. The molecule has 0 radical (unpaired) electrons. The van der Waals surface area contributed by atoms with Gasteiger partial charge in [0.1, 0.15) is 35.7 Å². The van der Waals surface area contributed by atoms with E-state index in [-0.39, 0.29) is 11.1 Å². The largest absolute Gasteiger partial charge is 0.534 e. The van der Waals surface area contributed by atoms with Crippen molar-refractivity contribution in [2.75, 3.05) is 0 Å². The van der Waals surface area contributed by atoms with Crippen molar-refractivity contribution in [3.05, 3.63) is 107 Å². The standard InChI is InChI=1S/C25H15F7N4O4S/c26-18-6-9-20(21(27)11-18)23(37,13-36-15-33-14-35-36)24(28,29)22-10-5-17(12-34-22)2-1-16-3-7-19(8-4-16)40-41(38,39)25(30,31)32/h3-12,14-15,37H,13H2. The van der Waals surface area contributed by atoms with E-state index >= 15 is 8.78 Å². The first-order valence-electron chi connectivity index (χ1n) is 11.1. The number of hydrogen-bond donors (Lipinski definition) is 1. The molecule has 41 heavy (non-hydrogen) atoms. The number of benzene rings is 2. The van der Waals surface area contributed by atoms with Gasteiger partial charge in [-0.3, -0.25) is 4.98 Å². The first kappa shape index (κ1) is 29.5. The van der Waals surface area contributed by atoms with E-state index in [1.807, 2.05) is 0 Å². The first-order valence-corrected chi connectivity index (χ1v) is 12.5. The van der Waals surface area contributed by atoms with Gasteiger partial charge >= 0.3 is 21.5 Å². The minimum atomic E-state index is -5.85. The number of rotatable bonds is 7. The fourth-order valence-corrected chi connectivity index (χ4v) is 3.96. The minimum Gasteiger partial charge on any atom is -0.377 e. The maximum absolute atomic E-state index is 15.8. The zero-order valence-electron chi connectivity index (χ0n) is 20.2. The fourth-order valence-electron chi connectivity index (χ4n) is 3.50. The van der Waals surface area contributed by atoms with Gasteiger partial charge in [-0.2, -0.15) is 35.5 Å². The second-order valence-electron chi connectivity index (χ2n) is 8.34. The van der Waals surface area contributed by atoms with E-state index in [1.165, 1.54) is 0 Å². The molecule has 8 nitrogen and oxygen atoms in total. The number of hydrogen-bond acceptors (Lipinski definition) is 7. The summed E-state index contributed by atoms with van der Waals surface area (Å²) in [4.78, 5) is 7.27. The van der Waals surface area contributed by atoms with Crippen LogP contribution in [-0.4, -0.2) is 38.8 Å². The van der Waals surface area contributed by atoms with Crippen molar-refractivity contribution in [3.8, 4) is 17.6 Å². The van der Waals surface area contributed by atoms with Crippen molar-refractivity contribution in [1.82, 2.24) is 19.7 Å². The SMILES string of the molecule is O=S(=O)(Oc1ccc(C#Cc2ccc(C(F)(F)C(O)(Cn3cncn3)c3ccc(F)cc3F)nc2)cc1)C(F)(F)F. The molecule has 2 aromatic carbocycles. The van der Waals surface area contributed by atoms with Crippen molar-refractivity contribution in [2.45, 2.75) is 23.6 Å². The van der Waals surface area contributed by atoms with E-state index in [0.717, 1.165) is 59.9 Å². The Balaban J connectivity index is 1.59. The predicted octanol–water partition coefficient (Wildman–Crippen LogP) is 4.26.